The minimum atomic E-state index is -0.155. The normalized spacial score (nSPS) is 11.6. The maximum atomic E-state index is 11.9. The molecule has 4 nitrogen and oxygen atoms in total. The number of hydrogen-bond donors (Lipinski definition) is 3. The van der Waals surface area contributed by atoms with E-state index in [9.17, 15) is 9.90 Å². The van der Waals surface area contributed by atoms with E-state index in [1.807, 2.05) is 24.4 Å². The molecule has 1 heterocycles. The number of H-pyrrole nitrogens is 2. The minimum absolute atomic E-state index is 0.0305. The average Bonchev–Trinajstić information content (AvgIpc) is 2.84. The van der Waals surface area contributed by atoms with Gasteiger partial charge in [-0.25, -0.2) is 0 Å². The fraction of sp³-hybridized carbons (Fsp3) is 0. The Morgan fingerprint density at radius 1 is 1.00 bits per heavy atom. The topological polar surface area (TPSA) is 68.9 Å². The van der Waals surface area contributed by atoms with Crippen LogP contribution in [0.1, 0.15) is 0 Å². The zero-order valence-electron chi connectivity index (χ0n) is 9.90. The lowest BCUT2D eigenvalue weighted by atomic mass is 9.99. The summed E-state index contributed by atoms with van der Waals surface area (Å²) in [7, 11) is 0. The van der Waals surface area contributed by atoms with Gasteiger partial charge in [-0.15, -0.1) is 0 Å². The van der Waals surface area contributed by atoms with Gasteiger partial charge in [0.1, 0.15) is 5.75 Å². The summed E-state index contributed by atoms with van der Waals surface area (Å²) in [6.45, 7) is 0. The Hall–Kier alpha value is -2.75. The molecule has 1 aromatic heterocycles. The van der Waals surface area contributed by atoms with Crippen LogP contribution in [0.4, 0.5) is 0 Å². The van der Waals surface area contributed by atoms with E-state index < -0.39 is 0 Å². The number of aromatic amines is 2. The third-order valence-corrected chi connectivity index (χ3v) is 3.52. The van der Waals surface area contributed by atoms with Crippen molar-refractivity contribution in [1.82, 2.24) is 10.2 Å². The van der Waals surface area contributed by atoms with Crippen molar-refractivity contribution >= 4 is 32.4 Å². The molecular weight excluding hydrogens is 240 g/mol. The van der Waals surface area contributed by atoms with Crippen LogP contribution in [-0.4, -0.2) is 15.3 Å². The van der Waals surface area contributed by atoms with Crippen LogP contribution in [0.25, 0.3) is 32.4 Å². The lowest BCUT2D eigenvalue weighted by Gasteiger charge is -2.05. The van der Waals surface area contributed by atoms with Gasteiger partial charge in [0.05, 0.1) is 10.9 Å². The van der Waals surface area contributed by atoms with Crippen molar-refractivity contribution in [2.45, 2.75) is 0 Å². The Kier molecular flexibility index (Phi) is 1.82. The smallest absolute Gasteiger partial charge is 0.190 e. The van der Waals surface area contributed by atoms with Crippen molar-refractivity contribution in [3.63, 3.8) is 0 Å². The molecule has 0 fully saturated rings. The molecule has 0 spiro atoms. The van der Waals surface area contributed by atoms with Gasteiger partial charge in [-0.3, -0.25) is 4.79 Å². The summed E-state index contributed by atoms with van der Waals surface area (Å²) in [5.74, 6) is 0.0305. The van der Waals surface area contributed by atoms with Gasteiger partial charge in [0, 0.05) is 11.6 Å². The summed E-state index contributed by atoms with van der Waals surface area (Å²) in [4.78, 5) is 11.9. The van der Waals surface area contributed by atoms with Crippen molar-refractivity contribution in [3.8, 4) is 5.75 Å². The first-order chi connectivity index (χ1) is 9.24. The molecule has 0 atom stereocenters. The molecule has 0 saturated carbocycles. The third-order valence-electron chi connectivity index (χ3n) is 3.52. The second-order valence-electron chi connectivity index (χ2n) is 4.65. The largest absolute Gasteiger partial charge is 0.507 e. The van der Waals surface area contributed by atoms with Gasteiger partial charge in [-0.2, -0.15) is 0 Å². The maximum Gasteiger partial charge on any atom is 0.190 e. The van der Waals surface area contributed by atoms with E-state index >= 15 is 0 Å². The number of nitrogens with one attached hydrogen (secondary N) is 2. The van der Waals surface area contributed by atoms with E-state index in [0.29, 0.717) is 5.39 Å². The molecule has 4 aromatic rings. The number of fused-ring (bicyclic) bond motifs is 4. The van der Waals surface area contributed by atoms with Crippen molar-refractivity contribution in [2.75, 3.05) is 0 Å². The SMILES string of the molecule is O=c1cccc2c1c(O)cc1cc3[nH][nH]cc3cc12. The van der Waals surface area contributed by atoms with Crippen LogP contribution >= 0.6 is 0 Å². The molecule has 0 bridgehead atoms. The molecule has 0 amide bonds. The summed E-state index contributed by atoms with van der Waals surface area (Å²) >= 11 is 0. The summed E-state index contributed by atoms with van der Waals surface area (Å²) in [6, 6.07) is 10.7. The third kappa shape index (κ3) is 1.31. The van der Waals surface area contributed by atoms with Gasteiger partial charge in [0.15, 0.2) is 5.43 Å². The average molecular weight is 250 g/mol. The van der Waals surface area contributed by atoms with Crippen molar-refractivity contribution in [3.05, 3.63) is 52.8 Å². The van der Waals surface area contributed by atoms with Gasteiger partial charge in [-0.1, -0.05) is 12.1 Å². The second-order valence-corrected chi connectivity index (χ2v) is 4.65. The molecule has 0 aliphatic rings. The Morgan fingerprint density at radius 3 is 2.79 bits per heavy atom. The lowest BCUT2D eigenvalue weighted by molar-refractivity contribution is 0.482. The number of aromatic nitrogens is 2. The fourth-order valence-electron chi connectivity index (χ4n) is 2.64. The van der Waals surface area contributed by atoms with Crippen LogP contribution in [-0.2, 0) is 0 Å². The van der Waals surface area contributed by atoms with Gasteiger partial charge in [0.25, 0.3) is 0 Å². The molecular formula is C15H10N2O2. The quantitative estimate of drug-likeness (QED) is 0.420. The molecule has 3 aromatic carbocycles. The fourth-order valence-corrected chi connectivity index (χ4v) is 2.64. The Balaban J connectivity index is 2.36. The van der Waals surface area contributed by atoms with Crippen molar-refractivity contribution in [1.29, 1.82) is 0 Å². The van der Waals surface area contributed by atoms with Gasteiger partial charge in [-0.05, 0) is 40.4 Å². The Bertz CT molecular complexity index is 995. The minimum Gasteiger partial charge on any atom is -0.507 e. The highest BCUT2D eigenvalue weighted by Gasteiger charge is 2.09. The van der Waals surface area contributed by atoms with E-state index in [1.54, 1.807) is 12.1 Å². The molecule has 4 rings (SSSR count). The molecule has 92 valence electrons. The van der Waals surface area contributed by atoms with E-state index in [1.165, 1.54) is 6.07 Å². The predicted octanol–water partition coefficient (Wildman–Crippen LogP) is 2.87. The zero-order valence-corrected chi connectivity index (χ0v) is 9.90. The molecule has 0 unspecified atom stereocenters. The second kappa shape index (κ2) is 3.38. The number of phenolic OH excluding ortho intramolecular Hbond substituents is 1. The summed E-state index contributed by atoms with van der Waals surface area (Å²) in [5, 5.41) is 20.1. The first kappa shape index (κ1) is 10.2. The monoisotopic (exact) mass is 250 g/mol. The number of benzene rings is 3. The number of phenols is 1. The Labute approximate surface area is 107 Å². The molecule has 0 aliphatic carbocycles. The standard InChI is InChI=1S/C15H10N2O2/c18-13-3-1-2-10-11-4-9-7-16-17-12(9)5-8(11)6-14(19)15(10)13/h1-7,16-17,19H. The molecule has 3 N–H and O–H groups in total. The summed E-state index contributed by atoms with van der Waals surface area (Å²) < 4.78 is 0. The van der Waals surface area contributed by atoms with Crippen LogP contribution in [0.3, 0.4) is 0 Å². The van der Waals surface area contributed by atoms with Crippen LogP contribution in [0.15, 0.2) is 47.4 Å². The number of rotatable bonds is 0. The number of hydrogen-bond acceptors (Lipinski definition) is 2. The van der Waals surface area contributed by atoms with Gasteiger partial charge < -0.3 is 15.3 Å². The molecule has 0 saturated heterocycles. The van der Waals surface area contributed by atoms with E-state index in [4.69, 9.17) is 0 Å². The highest BCUT2D eigenvalue weighted by Crippen LogP contribution is 2.32. The van der Waals surface area contributed by atoms with Crippen LogP contribution < -0.4 is 5.43 Å². The van der Waals surface area contributed by atoms with Crippen molar-refractivity contribution in [2.24, 2.45) is 0 Å². The van der Waals surface area contributed by atoms with E-state index in [-0.39, 0.29) is 11.2 Å². The summed E-state index contributed by atoms with van der Waals surface area (Å²) in [5.41, 5.74) is 0.808. The molecule has 19 heavy (non-hydrogen) atoms. The van der Waals surface area contributed by atoms with Crippen LogP contribution in [0.2, 0.25) is 0 Å². The molecule has 0 radical (unpaired) electrons. The maximum absolute atomic E-state index is 11.9. The van der Waals surface area contributed by atoms with Gasteiger partial charge in [0.2, 0.25) is 0 Å². The Morgan fingerprint density at radius 2 is 1.89 bits per heavy atom. The predicted molar refractivity (Wildman–Crippen MR) is 75.6 cm³/mol. The van der Waals surface area contributed by atoms with Crippen molar-refractivity contribution < 1.29 is 5.11 Å². The van der Waals surface area contributed by atoms with E-state index in [0.717, 1.165) is 27.1 Å². The van der Waals surface area contributed by atoms with Gasteiger partial charge >= 0.3 is 0 Å². The first-order valence-electron chi connectivity index (χ1n) is 5.98. The first-order valence-corrected chi connectivity index (χ1v) is 5.98. The van der Waals surface area contributed by atoms with E-state index in [2.05, 4.69) is 10.2 Å². The highest BCUT2D eigenvalue weighted by molar-refractivity contribution is 6.13. The highest BCUT2D eigenvalue weighted by atomic mass is 16.3. The zero-order chi connectivity index (χ0) is 13.0. The lowest BCUT2D eigenvalue weighted by Crippen LogP contribution is -1.98. The van der Waals surface area contributed by atoms with Crippen LogP contribution in [0.5, 0.6) is 5.75 Å². The number of aromatic hydroxyl groups is 1. The summed E-state index contributed by atoms with van der Waals surface area (Å²) in [6.07, 6.45) is 1.87. The molecule has 0 aliphatic heterocycles. The molecule has 4 heteroatoms. The van der Waals surface area contributed by atoms with Crippen LogP contribution in [0, 0.1) is 0 Å².